The molecule has 2 aliphatic heterocycles. The number of Topliss-reactive ketones (excluding diaryl/α,β-unsaturated/α-hetero) is 1. The van der Waals surface area contributed by atoms with Gasteiger partial charge in [0.05, 0.1) is 0 Å². The van der Waals surface area contributed by atoms with Crippen LogP contribution in [0.3, 0.4) is 0 Å². The zero-order valence-corrected chi connectivity index (χ0v) is 14.4. The van der Waals surface area contributed by atoms with E-state index in [-0.39, 0.29) is 18.3 Å². The van der Waals surface area contributed by atoms with E-state index in [1.807, 2.05) is 4.90 Å². The minimum absolute atomic E-state index is 0.0264. The molecule has 0 unspecified atom stereocenters. The fourth-order valence-electron chi connectivity index (χ4n) is 3.61. The number of nitrogens with zero attached hydrogens (tertiary/aromatic N) is 2. The van der Waals surface area contributed by atoms with Gasteiger partial charge in [0.15, 0.2) is 12.4 Å². The van der Waals surface area contributed by atoms with E-state index in [2.05, 4.69) is 4.90 Å². The van der Waals surface area contributed by atoms with Gasteiger partial charge in [0.25, 0.3) is 5.91 Å². The van der Waals surface area contributed by atoms with Crippen molar-refractivity contribution >= 4 is 11.7 Å². The van der Waals surface area contributed by atoms with Crippen LogP contribution in [0.2, 0.25) is 0 Å². The number of piperidine rings is 1. The quantitative estimate of drug-likeness (QED) is 0.778. The molecule has 2 aliphatic rings. The Morgan fingerprint density at radius 1 is 1.04 bits per heavy atom. The molecule has 0 N–H and O–H groups in total. The van der Waals surface area contributed by atoms with Crippen molar-refractivity contribution in [2.45, 2.75) is 38.6 Å². The van der Waals surface area contributed by atoms with E-state index in [1.54, 1.807) is 24.3 Å². The summed E-state index contributed by atoms with van der Waals surface area (Å²) < 4.78 is 5.57. The van der Waals surface area contributed by atoms with Crippen LogP contribution < -0.4 is 4.74 Å². The summed E-state index contributed by atoms with van der Waals surface area (Å²) in [5, 5.41) is 0. The largest absolute Gasteiger partial charge is 0.484 e. The first-order chi connectivity index (χ1) is 11.6. The second kappa shape index (κ2) is 7.79. The van der Waals surface area contributed by atoms with Gasteiger partial charge in [-0.15, -0.1) is 0 Å². The fourth-order valence-corrected chi connectivity index (χ4v) is 3.61. The van der Waals surface area contributed by atoms with E-state index in [9.17, 15) is 9.59 Å². The van der Waals surface area contributed by atoms with Gasteiger partial charge in [-0.25, -0.2) is 0 Å². The van der Waals surface area contributed by atoms with E-state index in [0.717, 1.165) is 25.9 Å². The van der Waals surface area contributed by atoms with Gasteiger partial charge in [0, 0.05) is 24.7 Å². The van der Waals surface area contributed by atoms with Crippen LogP contribution in [0.25, 0.3) is 0 Å². The lowest BCUT2D eigenvalue weighted by Crippen LogP contribution is -2.47. The van der Waals surface area contributed by atoms with Gasteiger partial charge >= 0.3 is 0 Å². The maximum Gasteiger partial charge on any atom is 0.260 e. The smallest absolute Gasteiger partial charge is 0.260 e. The molecule has 0 aromatic heterocycles. The molecule has 1 aromatic rings. The molecular formula is C19H26N2O3. The highest BCUT2D eigenvalue weighted by molar-refractivity contribution is 5.94. The standard InChI is InChI=1S/C19H26N2O3/c1-15(22)16-4-6-18(7-5-16)24-14-19(23)21-12-8-17(9-13-21)20-10-2-3-11-20/h4-7,17H,2-3,8-14H2,1H3. The van der Waals surface area contributed by atoms with Crippen molar-refractivity contribution in [3.05, 3.63) is 29.8 Å². The lowest BCUT2D eigenvalue weighted by Gasteiger charge is -2.36. The number of benzene rings is 1. The summed E-state index contributed by atoms with van der Waals surface area (Å²) in [6, 6.07) is 7.58. The summed E-state index contributed by atoms with van der Waals surface area (Å²) in [6.45, 7) is 5.69. The minimum atomic E-state index is 0.0264. The van der Waals surface area contributed by atoms with Gasteiger partial charge in [-0.3, -0.25) is 9.59 Å². The molecule has 5 nitrogen and oxygen atoms in total. The van der Waals surface area contributed by atoms with Crippen LogP contribution in [0.15, 0.2) is 24.3 Å². The Bertz CT molecular complexity index is 571. The average Bonchev–Trinajstić information content (AvgIpc) is 3.15. The first-order valence-corrected chi connectivity index (χ1v) is 8.89. The van der Waals surface area contributed by atoms with Gasteiger partial charge in [0.1, 0.15) is 5.75 Å². The number of amides is 1. The maximum absolute atomic E-state index is 12.3. The number of carbonyl (C=O) groups is 2. The van der Waals surface area contributed by atoms with E-state index < -0.39 is 0 Å². The molecular weight excluding hydrogens is 304 g/mol. The van der Waals surface area contributed by atoms with Crippen molar-refractivity contribution in [3.8, 4) is 5.75 Å². The van der Waals surface area contributed by atoms with Gasteiger partial charge in [-0.2, -0.15) is 0 Å². The van der Waals surface area contributed by atoms with Crippen LogP contribution in [-0.4, -0.2) is 60.3 Å². The molecule has 0 bridgehead atoms. The number of likely N-dealkylation sites (tertiary alicyclic amines) is 2. The van der Waals surface area contributed by atoms with Crippen LogP contribution in [0, 0.1) is 0 Å². The average molecular weight is 330 g/mol. The van der Waals surface area contributed by atoms with Crippen LogP contribution in [-0.2, 0) is 4.79 Å². The second-order valence-corrected chi connectivity index (χ2v) is 6.72. The van der Waals surface area contributed by atoms with E-state index >= 15 is 0 Å². The van der Waals surface area contributed by atoms with Gasteiger partial charge in [-0.1, -0.05) is 0 Å². The van der Waals surface area contributed by atoms with Crippen molar-refractivity contribution < 1.29 is 14.3 Å². The molecule has 0 atom stereocenters. The molecule has 0 saturated carbocycles. The highest BCUT2D eigenvalue weighted by Crippen LogP contribution is 2.21. The lowest BCUT2D eigenvalue weighted by molar-refractivity contribution is -0.134. The molecule has 5 heteroatoms. The summed E-state index contributed by atoms with van der Waals surface area (Å²) in [5.41, 5.74) is 0.651. The van der Waals surface area contributed by atoms with E-state index in [4.69, 9.17) is 4.74 Å². The van der Waals surface area contributed by atoms with E-state index in [0.29, 0.717) is 17.4 Å². The van der Waals surface area contributed by atoms with Crippen LogP contribution in [0.5, 0.6) is 5.75 Å². The maximum atomic E-state index is 12.3. The summed E-state index contributed by atoms with van der Waals surface area (Å²) >= 11 is 0. The highest BCUT2D eigenvalue weighted by atomic mass is 16.5. The van der Waals surface area contributed by atoms with Crippen molar-refractivity contribution in [2.24, 2.45) is 0 Å². The number of ether oxygens (including phenoxy) is 1. The first-order valence-electron chi connectivity index (χ1n) is 8.89. The summed E-state index contributed by atoms with van der Waals surface area (Å²) in [6.07, 6.45) is 4.77. The predicted octanol–water partition coefficient (Wildman–Crippen LogP) is 2.35. The zero-order chi connectivity index (χ0) is 16.9. The molecule has 3 rings (SSSR count). The minimum Gasteiger partial charge on any atom is -0.484 e. The molecule has 0 radical (unpaired) electrons. The van der Waals surface area contributed by atoms with Crippen molar-refractivity contribution in [1.29, 1.82) is 0 Å². The Hall–Kier alpha value is -1.88. The van der Waals surface area contributed by atoms with Crippen LogP contribution in [0.1, 0.15) is 43.0 Å². The van der Waals surface area contributed by atoms with Gasteiger partial charge < -0.3 is 14.5 Å². The van der Waals surface area contributed by atoms with Crippen LogP contribution >= 0.6 is 0 Å². The summed E-state index contributed by atoms with van der Waals surface area (Å²) in [7, 11) is 0. The zero-order valence-electron chi connectivity index (χ0n) is 14.4. The molecule has 1 amide bonds. The SMILES string of the molecule is CC(=O)c1ccc(OCC(=O)N2CCC(N3CCCC3)CC2)cc1. The Morgan fingerprint density at radius 2 is 1.67 bits per heavy atom. The Labute approximate surface area is 143 Å². The summed E-state index contributed by atoms with van der Waals surface area (Å²) in [5.74, 6) is 0.698. The number of hydrogen-bond donors (Lipinski definition) is 0. The molecule has 0 aliphatic carbocycles. The third kappa shape index (κ3) is 4.15. The molecule has 1 aromatic carbocycles. The number of ketones is 1. The van der Waals surface area contributed by atoms with Crippen molar-refractivity contribution in [3.63, 3.8) is 0 Å². The predicted molar refractivity (Wildman–Crippen MR) is 92.4 cm³/mol. The van der Waals surface area contributed by atoms with Crippen LogP contribution in [0.4, 0.5) is 0 Å². The molecule has 0 spiro atoms. The lowest BCUT2D eigenvalue weighted by atomic mass is 10.0. The third-order valence-corrected chi connectivity index (χ3v) is 5.10. The van der Waals surface area contributed by atoms with Crippen molar-refractivity contribution in [2.75, 3.05) is 32.8 Å². The second-order valence-electron chi connectivity index (χ2n) is 6.72. The third-order valence-electron chi connectivity index (χ3n) is 5.10. The monoisotopic (exact) mass is 330 g/mol. The topological polar surface area (TPSA) is 49.9 Å². The molecule has 2 fully saturated rings. The summed E-state index contributed by atoms with van der Waals surface area (Å²) in [4.78, 5) is 28.0. The molecule has 2 saturated heterocycles. The highest BCUT2D eigenvalue weighted by Gasteiger charge is 2.28. The van der Waals surface area contributed by atoms with Crippen molar-refractivity contribution in [1.82, 2.24) is 9.80 Å². The Kier molecular flexibility index (Phi) is 5.51. The number of carbonyl (C=O) groups excluding carboxylic acids is 2. The number of rotatable bonds is 5. The van der Waals surface area contributed by atoms with Gasteiger partial charge in [0.2, 0.25) is 0 Å². The Morgan fingerprint density at radius 3 is 2.25 bits per heavy atom. The first kappa shape index (κ1) is 17.0. The number of hydrogen-bond acceptors (Lipinski definition) is 4. The Balaban J connectivity index is 1.43. The van der Waals surface area contributed by atoms with Gasteiger partial charge in [-0.05, 0) is 70.0 Å². The normalized spacial score (nSPS) is 19.5. The molecule has 2 heterocycles. The molecule has 24 heavy (non-hydrogen) atoms. The fraction of sp³-hybridized carbons (Fsp3) is 0.579. The van der Waals surface area contributed by atoms with E-state index in [1.165, 1.54) is 32.9 Å². The molecule has 130 valence electrons.